The lowest BCUT2D eigenvalue weighted by Gasteiger charge is -2.28. The molecule has 0 fully saturated rings. The number of nitrogens with one attached hydrogen (secondary N) is 1. The molecular formula is C25H21F3N6O2S. The highest BCUT2D eigenvalue weighted by atomic mass is 32.2. The standard InChI is InChI=1S/C25H21F3N6O2S/c1-14-8-9-16(24-17(14)10-22(32-33-24)23-18(27)4-2-5-19(23)28)21-7-3-6-20(31-21)15-11-29-25(30-12-15)34-37(35,36)13-26/h2-7,10-12,14,16H,8-9,13H2,1H3,(H,29,30,34)/t14-,16?/m0/s1. The van der Waals surface area contributed by atoms with E-state index in [1.165, 1.54) is 30.6 Å². The maximum Gasteiger partial charge on any atom is 0.264 e. The number of halogens is 3. The lowest BCUT2D eigenvalue weighted by Crippen LogP contribution is -2.18. The molecular weight excluding hydrogens is 505 g/mol. The SMILES string of the molecule is C[C@H]1CCC(c2cccc(-c3cnc(NS(=O)(=O)CF)nc3)n2)c2nnc(-c3c(F)cccc3F)cc21. The summed E-state index contributed by atoms with van der Waals surface area (Å²) >= 11 is 0. The van der Waals surface area contributed by atoms with Crippen LogP contribution in [-0.2, 0) is 10.0 Å². The third kappa shape index (κ3) is 5.01. The molecule has 0 bridgehead atoms. The molecule has 37 heavy (non-hydrogen) atoms. The average Bonchev–Trinajstić information content (AvgIpc) is 2.89. The van der Waals surface area contributed by atoms with E-state index in [4.69, 9.17) is 4.98 Å². The highest BCUT2D eigenvalue weighted by molar-refractivity contribution is 7.92. The Labute approximate surface area is 211 Å². The van der Waals surface area contributed by atoms with Crippen molar-refractivity contribution in [3.8, 4) is 22.5 Å². The monoisotopic (exact) mass is 526 g/mol. The summed E-state index contributed by atoms with van der Waals surface area (Å²) in [7, 11) is -4.14. The summed E-state index contributed by atoms with van der Waals surface area (Å²) in [6, 6.07) is 9.25. The number of fused-ring (bicyclic) bond motifs is 1. The molecule has 5 rings (SSSR count). The number of hydrogen-bond donors (Lipinski definition) is 1. The van der Waals surface area contributed by atoms with Crippen LogP contribution in [0.5, 0.6) is 0 Å². The molecule has 0 saturated heterocycles. The Balaban J connectivity index is 1.47. The van der Waals surface area contributed by atoms with E-state index in [0.717, 1.165) is 24.1 Å². The first-order valence-electron chi connectivity index (χ1n) is 11.4. The molecule has 3 heterocycles. The van der Waals surface area contributed by atoms with E-state index >= 15 is 0 Å². The number of hydrogen-bond acceptors (Lipinski definition) is 7. The van der Waals surface area contributed by atoms with E-state index in [1.54, 1.807) is 12.1 Å². The second-order valence-corrected chi connectivity index (χ2v) is 10.4. The van der Waals surface area contributed by atoms with E-state index in [-0.39, 0.29) is 29.0 Å². The predicted molar refractivity (Wildman–Crippen MR) is 131 cm³/mol. The first kappa shape index (κ1) is 24.8. The largest absolute Gasteiger partial charge is 0.264 e. The molecule has 190 valence electrons. The van der Waals surface area contributed by atoms with Crippen molar-refractivity contribution in [1.82, 2.24) is 25.1 Å². The van der Waals surface area contributed by atoms with Crippen molar-refractivity contribution in [2.75, 3.05) is 10.7 Å². The van der Waals surface area contributed by atoms with Crippen LogP contribution < -0.4 is 4.72 Å². The summed E-state index contributed by atoms with van der Waals surface area (Å²) in [6.45, 7) is 2.04. The summed E-state index contributed by atoms with van der Waals surface area (Å²) in [5.74, 6) is -1.71. The van der Waals surface area contributed by atoms with Gasteiger partial charge < -0.3 is 0 Å². The molecule has 1 aliphatic carbocycles. The Hall–Kier alpha value is -3.93. The molecule has 0 spiro atoms. The summed E-state index contributed by atoms with van der Waals surface area (Å²) < 4.78 is 65.9. The Morgan fingerprint density at radius 1 is 0.973 bits per heavy atom. The molecule has 1 unspecified atom stereocenters. The lowest BCUT2D eigenvalue weighted by molar-refractivity contribution is 0.519. The number of alkyl halides is 1. The van der Waals surface area contributed by atoms with Gasteiger partial charge in [-0.05, 0) is 54.7 Å². The number of nitrogens with zero attached hydrogens (tertiary/aromatic N) is 5. The first-order chi connectivity index (χ1) is 17.8. The van der Waals surface area contributed by atoms with Crippen LogP contribution in [0.15, 0.2) is 54.9 Å². The molecule has 0 aliphatic heterocycles. The van der Waals surface area contributed by atoms with Crippen LogP contribution in [0, 0.1) is 11.6 Å². The third-order valence-corrected chi connectivity index (χ3v) is 7.07. The molecule has 8 nitrogen and oxygen atoms in total. The van der Waals surface area contributed by atoms with Crippen LogP contribution in [0.3, 0.4) is 0 Å². The highest BCUT2D eigenvalue weighted by Crippen LogP contribution is 2.41. The van der Waals surface area contributed by atoms with Crippen molar-refractivity contribution in [1.29, 1.82) is 0 Å². The lowest BCUT2D eigenvalue weighted by atomic mass is 9.78. The molecule has 3 aromatic heterocycles. The van der Waals surface area contributed by atoms with Gasteiger partial charge in [0.25, 0.3) is 10.0 Å². The fourth-order valence-electron chi connectivity index (χ4n) is 4.43. The molecule has 0 saturated carbocycles. The van der Waals surface area contributed by atoms with Gasteiger partial charge in [-0.2, -0.15) is 5.10 Å². The van der Waals surface area contributed by atoms with Crippen molar-refractivity contribution >= 4 is 16.0 Å². The molecule has 1 aliphatic rings. The Morgan fingerprint density at radius 3 is 2.38 bits per heavy atom. The Bertz CT molecular complexity index is 1550. The fraction of sp³-hybridized carbons (Fsp3) is 0.240. The quantitative estimate of drug-likeness (QED) is 0.378. The normalized spacial score (nSPS) is 17.3. The number of aromatic nitrogens is 5. The molecule has 0 radical (unpaired) electrons. The van der Waals surface area contributed by atoms with E-state index in [1.807, 2.05) is 23.8 Å². The van der Waals surface area contributed by atoms with Crippen molar-refractivity contribution in [2.45, 2.75) is 31.6 Å². The van der Waals surface area contributed by atoms with E-state index < -0.39 is 27.7 Å². The van der Waals surface area contributed by atoms with Gasteiger partial charge in [0.1, 0.15) is 11.6 Å². The Morgan fingerprint density at radius 2 is 1.68 bits per heavy atom. The summed E-state index contributed by atoms with van der Waals surface area (Å²) in [4.78, 5) is 12.6. The van der Waals surface area contributed by atoms with Crippen LogP contribution in [0.4, 0.5) is 19.1 Å². The van der Waals surface area contributed by atoms with E-state index in [2.05, 4.69) is 20.2 Å². The van der Waals surface area contributed by atoms with Gasteiger partial charge >= 0.3 is 0 Å². The molecule has 1 N–H and O–H groups in total. The fourth-order valence-corrected chi connectivity index (χ4v) is 4.87. The van der Waals surface area contributed by atoms with Gasteiger partial charge in [-0.1, -0.05) is 19.1 Å². The number of rotatable bonds is 6. The second-order valence-electron chi connectivity index (χ2n) is 8.77. The molecule has 1 aromatic carbocycles. The van der Waals surface area contributed by atoms with Gasteiger partial charge in [0.2, 0.25) is 12.0 Å². The highest BCUT2D eigenvalue weighted by Gasteiger charge is 2.30. The number of sulfonamides is 1. The zero-order valence-corrected chi connectivity index (χ0v) is 20.4. The van der Waals surface area contributed by atoms with Gasteiger partial charge in [-0.15, -0.1) is 5.10 Å². The van der Waals surface area contributed by atoms with E-state index in [0.29, 0.717) is 17.0 Å². The maximum atomic E-state index is 14.4. The van der Waals surface area contributed by atoms with Gasteiger partial charge in [0.05, 0.1) is 28.3 Å². The van der Waals surface area contributed by atoms with Gasteiger partial charge in [-0.25, -0.2) is 36.3 Å². The molecule has 2 atom stereocenters. The zero-order valence-electron chi connectivity index (χ0n) is 19.6. The topological polar surface area (TPSA) is 111 Å². The zero-order chi connectivity index (χ0) is 26.2. The number of anilines is 1. The van der Waals surface area contributed by atoms with Crippen LogP contribution in [0.2, 0.25) is 0 Å². The van der Waals surface area contributed by atoms with Gasteiger partial charge in [0, 0.05) is 23.9 Å². The second kappa shape index (κ2) is 9.85. The minimum atomic E-state index is -4.14. The summed E-state index contributed by atoms with van der Waals surface area (Å²) in [5.41, 5.74) is 3.32. The molecule has 0 amide bonds. The number of pyridine rings is 1. The molecule has 12 heteroatoms. The summed E-state index contributed by atoms with van der Waals surface area (Å²) in [5, 5.41) is 8.56. The number of benzene rings is 1. The van der Waals surface area contributed by atoms with E-state index in [9.17, 15) is 21.6 Å². The average molecular weight is 527 g/mol. The van der Waals surface area contributed by atoms with Crippen molar-refractivity contribution in [3.05, 3.63) is 83.4 Å². The van der Waals surface area contributed by atoms with Crippen LogP contribution in [-0.4, -0.2) is 39.6 Å². The summed E-state index contributed by atoms with van der Waals surface area (Å²) in [6.07, 6.45) is 4.36. The predicted octanol–water partition coefficient (Wildman–Crippen LogP) is 4.97. The maximum absolute atomic E-state index is 14.4. The van der Waals surface area contributed by atoms with Crippen molar-refractivity contribution in [2.24, 2.45) is 0 Å². The van der Waals surface area contributed by atoms with Gasteiger partial charge in [0.15, 0.2) is 0 Å². The van der Waals surface area contributed by atoms with Crippen molar-refractivity contribution in [3.63, 3.8) is 0 Å². The molecule has 4 aromatic rings. The smallest absolute Gasteiger partial charge is 0.252 e. The van der Waals surface area contributed by atoms with Crippen LogP contribution in [0.25, 0.3) is 22.5 Å². The first-order valence-corrected chi connectivity index (χ1v) is 13.1. The minimum Gasteiger partial charge on any atom is -0.252 e. The minimum absolute atomic E-state index is 0.118. The Kier molecular flexibility index (Phi) is 6.59. The van der Waals surface area contributed by atoms with Crippen LogP contribution in [0.1, 0.15) is 48.6 Å². The van der Waals surface area contributed by atoms with Gasteiger partial charge in [-0.3, -0.25) is 4.98 Å². The van der Waals surface area contributed by atoms with Crippen LogP contribution >= 0.6 is 0 Å². The van der Waals surface area contributed by atoms with Crippen molar-refractivity contribution < 1.29 is 21.6 Å². The third-order valence-electron chi connectivity index (χ3n) is 6.29.